The molecule has 0 aromatic heterocycles. The zero-order valence-electron chi connectivity index (χ0n) is 12.7. The standard InChI is InChI=1S/C16H22N4O2/c21-15(19-8-4-17-5-9-19)13-2-1-3-14(12-13)16(22)20-10-6-18-7-11-20/h1-3,12,17-18H,4-11H2. The third-order valence-corrected chi connectivity index (χ3v) is 4.16. The number of nitrogens with zero attached hydrogens (tertiary/aromatic N) is 2. The lowest BCUT2D eigenvalue weighted by Crippen LogP contribution is -2.47. The van der Waals surface area contributed by atoms with Crippen LogP contribution in [0, 0.1) is 0 Å². The van der Waals surface area contributed by atoms with Crippen LogP contribution in [-0.2, 0) is 0 Å². The van der Waals surface area contributed by atoms with Gasteiger partial charge in [-0.05, 0) is 18.2 Å². The summed E-state index contributed by atoms with van der Waals surface area (Å²) in [4.78, 5) is 28.7. The molecule has 118 valence electrons. The van der Waals surface area contributed by atoms with Crippen molar-refractivity contribution in [3.63, 3.8) is 0 Å². The summed E-state index contributed by atoms with van der Waals surface area (Å²) in [6, 6.07) is 7.11. The predicted octanol–water partition coefficient (Wildman–Crippen LogP) is -0.223. The number of hydrogen-bond donors (Lipinski definition) is 2. The molecule has 2 heterocycles. The highest BCUT2D eigenvalue weighted by Crippen LogP contribution is 2.12. The number of nitrogens with one attached hydrogen (secondary N) is 2. The van der Waals surface area contributed by atoms with E-state index in [0.29, 0.717) is 11.1 Å². The van der Waals surface area contributed by atoms with Crippen LogP contribution in [0.2, 0.25) is 0 Å². The molecule has 0 atom stereocenters. The van der Waals surface area contributed by atoms with Gasteiger partial charge in [-0.25, -0.2) is 0 Å². The Hall–Kier alpha value is -1.92. The smallest absolute Gasteiger partial charge is 0.253 e. The largest absolute Gasteiger partial charge is 0.336 e. The van der Waals surface area contributed by atoms with Gasteiger partial charge >= 0.3 is 0 Å². The van der Waals surface area contributed by atoms with E-state index >= 15 is 0 Å². The van der Waals surface area contributed by atoms with E-state index < -0.39 is 0 Å². The highest BCUT2D eigenvalue weighted by atomic mass is 16.2. The third kappa shape index (κ3) is 3.28. The number of benzene rings is 1. The summed E-state index contributed by atoms with van der Waals surface area (Å²) in [6.07, 6.45) is 0. The second-order valence-corrected chi connectivity index (χ2v) is 5.67. The SMILES string of the molecule is O=C(c1cccc(C(=O)N2CCNCC2)c1)N1CCNCC1. The Morgan fingerprint density at radius 1 is 0.773 bits per heavy atom. The molecule has 0 unspecified atom stereocenters. The molecule has 22 heavy (non-hydrogen) atoms. The number of carbonyl (C=O) groups excluding carboxylic acids is 2. The maximum absolute atomic E-state index is 12.5. The zero-order chi connectivity index (χ0) is 15.4. The maximum Gasteiger partial charge on any atom is 0.253 e. The molecule has 0 spiro atoms. The molecule has 6 heteroatoms. The summed E-state index contributed by atoms with van der Waals surface area (Å²) in [5, 5.41) is 6.47. The summed E-state index contributed by atoms with van der Waals surface area (Å²) in [7, 11) is 0. The fraction of sp³-hybridized carbons (Fsp3) is 0.500. The van der Waals surface area contributed by atoms with E-state index in [1.165, 1.54) is 0 Å². The molecule has 0 bridgehead atoms. The number of carbonyl (C=O) groups is 2. The lowest BCUT2D eigenvalue weighted by Gasteiger charge is -2.28. The van der Waals surface area contributed by atoms with Gasteiger partial charge in [0.05, 0.1) is 0 Å². The average molecular weight is 302 g/mol. The monoisotopic (exact) mass is 302 g/mol. The van der Waals surface area contributed by atoms with Crippen LogP contribution >= 0.6 is 0 Å². The van der Waals surface area contributed by atoms with E-state index in [1.54, 1.807) is 24.3 Å². The van der Waals surface area contributed by atoms with E-state index in [-0.39, 0.29) is 11.8 Å². The summed E-state index contributed by atoms with van der Waals surface area (Å²) >= 11 is 0. The second kappa shape index (κ2) is 6.89. The number of hydrogen-bond acceptors (Lipinski definition) is 4. The van der Waals surface area contributed by atoms with E-state index in [1.807, 2.05) is 9.80 Å². The second-order valence-electron chi connectivity index (χ2n) is 5.67. The van der Waals surface area contributed by atoms with Gasteiger partial charge in [0, 0.05) is 63.5 Å². The van der Waals surface area contributed by atoms with Crippen LogP contribution in [0.25, 0.3) is 0 Å². The molecule has 0 aliphatic carbocycles. The zero-order valence-corrected chi connectivity index (χ0v) is 12.7. The first kappa shape index (κ1) is 15.0. The minimum Gasteiger partial charge on any atom is -0.336 e. The Labute approximate surface area is 130 Å². The van der Waals surface area contributed by atoms with Gasteiger partial charge in [0.1, 0.15) is 0 Å². The van der Waals surface area contributed by atoms with Crippen LogP contribution in [-0.4, -0.2) is 74.0 Å². The van der Waals surface area contributed by atoms with Crippen molar-refractivity contribution in [1.82, 2.24) is 20.4 Å². The van der Waals surface area contributed by atoms with Gasteiger partial charge in [-0.3, -0.25) is 9.59 Å². The Bertz CT molecular complexity index is 504. The first-order valence-corrected chi connectivity index (χ1v) is 7.86. The van der Waals surface area contributed by atoms with Gasteiger partial charge in [0.25, 0.3) is 11.8 Å². The van der Waals surface area contributed by atoms with Crippen LogP contribution < -0.4 is 10.6 Å². The van der Waals surface area contributed by atoms with E-state index in [0.717, 1.165) is 52.4 Å². The van der Waals surface area contributed by atoms with E-state index in [2.05, 4.69) is 10.6 Å². The van der Waals surface area contributed by atoms with E-state index in [4.69, 9.17) is 0 Å². The van der Waals surface area contributed by atoms with Crippen molar-refractivity contribution in [2.45, 2.75) is 0 Å². The van der Waals surface area contributed by atoms with Crippen LogP contribution in [0.5, 0.6) is 0 Å². The Balaban J connectivity index is 1.73. The molecule has 1 aromatic rings. The first-order chi connectivity index (χ1) is 10.8. The molecule has 2 amide bonds. The van der Waals surface area contributed by atoms with Crippen LogP contribution in [0.1, 0.15) is 20.7 Å². The normalized spacial score (nSPS) is 19.1. The highest BCUT2D eigenvalue weighted by Gasteiger charge is 2.21. The lowest BCUT2D eigenvalue weighted by atomic mass is 10.1. The van der Waals surface area contributed by atoms with Crippen molar-refractivity contribution in [1.29, 1.82) is 0 Å². The van der Waals surface area contributed by atoms with Crippen LogP contribution in [0.3, 0.4) is 0 Å². The van der Waals surface area contributed by atoms with E-state index in [9.17, 15) is 9.59 Å². The Morgan fingerprint density at radius 3 is 1.59 bits per heavy atom. The van der Waals surface area contributed by atoms with Crippen molar-refractivity contribution in [3.8, 4) is 0 Å². The number of piperazine rings is 2. The molecule has 2 aliphatic heterocycles. The molecule has 0 radical (unpaired) electrons. The summed E-state index contributed by atoms with van der Waals surface area (Å²) in [5.74, 6) is 0.0212. The first-order valence-electron chi connectivity index (χ1n) is 7.86. The van der Waals surface area contributed by atoms with Crippen molar-refractivity contribution in [2.24, 2.45) is 0 Å². The molecule has 2 N–H and O–H groups in total. The number of rotatable bonds is 2. The third-order valence-electron chi connectivity index (χ3n) is 4.16. The van der Waals surface area contributed by atoms with Crippen LogP contribution in [0.4, 0.5) is 0 Å². The summed E-state index contributed by atoms with van der Waals surface area (Å²) in [6.45, 7) is 6.17. The maximum atomic E-state index is 12.5. The minimum absolute atomic E-state index is 0.0106. The van der Waals surface area contributed by atoms with Gasteiger partial charge in [0.15, 0.2) is 0 Å². The Kier molecular flexibility index (Phi) is 4.70. The molecular formula is C16H22N4O2. The lowest BCUT2D eigenvalue weighted by molar-refractivity contribution is 0.0734. The predicted molar refractivity (Wildman–Crippen MR) is 84.0 cm³/mol. The van der Waals surface area contributed by atoms with Gasteiger partial charge < -0.3 is 20.4 Å². The van der Waals surface area contributed by atoms with Crippen molar-refractivity contribution in [2.75, 3.05) is 52.4 Å². The molecule has 2 saturated heterocycles. The fourth-order valence-electron chi connectivity index (χ4n) is 2.89. The quantitative estimate of drug-likeness (QED) is 0.793. The van der Waals surface area contributed by atoms with Gasteiger partial charge in [-0.1, -0.05) is 6.07 Å². The van der Waals surface area contributed by atoms with Gasteiger partial charge in [0.2, 0.25) is 0 Å². The summed E-state index contributed by atoms with van der Waals surface area (Å²) in [5.41, 5.74) is 1.20. The molecule has 1 aromatic carbocycles. The fourth-order valence-corrected chi connectivity index (χ4v) is 2.89. The average Bonchev–Trinajstić information content (AvgIpc) is 2.62. The molecular weight excluding hydrogens is 280 g/mol. The van der Waals surface area contributed by atoms with Gasteiger partial charge in [-0.2, -0.15) is 0 Å². The molecule has 2 aliphatic rings. The molecule has 0 saturated carbocycles. The topological polar surface area (TPSA) is 64.7 Å². The molecule has 3 rings (SSSR count). The Morgan fingerprint density at radius 2 is 1.18 bits per heavy atom. The number of amides is 2. The summed E-state index contributed by atoms with van der Waals surface area (Å²) < 4.78 is 0. The van der Waals surface area contributed by atoms with Crippen molar-refractivity contribution >= 4 is 11.8 Å². The molecule has 2 fully saturated rings. The van der Waals surface area contributed by atoms with Crippen molar-refractivity contribution < 1.29 is 9.59 Å². The van der Waals surface area contributed by atoms with Crippen molar-refractivity contribution in [3.05, 3.63) is 35.4 Å². The molecule has 6 nitrogen and oxygen atoms in total. The minimum atomic E-state index is 0.0106. The highest BCUT2D eigenvalue weighted by molar-refractivity contribution is 5.99. The van der Waals surface area contributed by atoms with Crippen LogP contribution in [0.15, 0.2) is 24.3 Å². The van der Waals surface area contributed by atoms with Gasteiger partial charge in [-0.15, -0.1) is 0 Å².